The zero-order valence-electron chi connectivity index (χ0n) is 9.11. The first-order valence-electron chi connectivity index (χ1n) is 4.96. The average molecular weight is 282 g/mol. The number of rotatable bonds is 3. The molecular formula is C10H12BrN5. The van der Waals surface area contributed by atoms with Gasteiger partial charge in [0.25, 0.3) is 0 Å². The SMILES string of the molecule is CCc1nn(C)cc1Nc1ncc(Br)cn1. The van der Waals surface area contributed by atoms with E-state index in [1.165, 1.54) is 0 Å². The zero-order chi connectivity index (χ0) is 11.5. The lowest BCUT2D eigenvalue weighted by atomic mass is 10.3. The number of nitrogens with one attached hydrogen (secondary N) is 1. The standard InChI is InChI=1S/C10H12BrN5/c1-3-8-9(6-16(2)15-8)14-10-12-4-7(11)5-13-10/h4-6H,3H2,1-2H3,(H,12,13,14). The summed E-state index contributed by atoms with van der Waals surface area (Å²) < 4.78 is 2.64. The molecule has 0 aromatic carbocycles. The molecule has 1 N–H and O–H groups in total. The molecule has 0 aliphatic carbocycles. The van der Waals surface area contributed by atoms with E-state index in [-0.39, 0.29) is 0 Å². The molecule has 0 saturated carbocycles. The van der Waals surface area contributed by atoms with Crippen LogP contribution >= 0.6 is 15.9 Å². The first-order chi connectivity index (χ1) is 7.69. The molecule has 6 heteroatoms. The van der Waals surface area contributed by atoms with Gasteiger partial charge in [0.05, 0.1) is 15.9 Å². The van der Waals surface area contributed by atoms with E-state index < -0.39 is 0 Å². The summed E-state index contributed by atoms with van der Waals surface area (Å²) >= 11 is 3.29. The lowest BCUT2D eigenvalue weighted by Gasteiger charge is -2.02. The Kier molecular flexibility index (Phi) is 3.19. The normalized spacial score (nSPS) is 10.4. The summed E-state index contributed by atoms with van der Waals surface area (Å²) in [6.45, 7) is 2.07. The minimum atomic E-state index is 0.575. The number of hydrogen-bond acceptors (Lipinski definition) is 4. The van der Waals surface area contributed by atoms with Crippen molar-refractivity contribution in [1.29, 1.82) is 0 Å². The van der Waals surface area contributed by atoms with Crippen LogP contribution in [0, 0.1) is 0 Å². The van der Waals surface area contributed by atoms with Crippen molar-refractivity contribution in [2.45, 2.75) is 13.3 Å². The van der Waals surface area contributed by atoms with Crippen LogP contribution in [0.3, 0.4) is 0 Å². The summed E-state index contributed by atoms with van der Waals surface area (Å²) in [5.41, 5.74) is 1.96. The number of hydrogen-bond donors (Lipinski definition) is 1. The average Bonchev–Trinajstić information content (AvgIpc) is 2.62. The van der Waals surface area contributed by atoms with Gasteiger partial charge >= 0.3 is 0 Å². The maximum atomic E-state index is 4.33. The Hall–Kier alpha value is -1.43. The molecule has 0 unspecified atom stereocenters. The molecule has 0 saturated heterocycles. The Morgan fingerprint density at radius 3 is 2.69 bits per heavy atom. The van der Waals surface area contributed by atoms with Gasteiger partial charge in [0.1, 0.15) is 0 Å². The molecule has 0 aliphatic heterocycles. The second kappa shape index (κ2) is 4.61. The lowest BCUT2D eigenvalue weighted by Crippen LogP contribution is -1.97. The Labute approximate surface area is 102 Å². The number of nitrogens with zero attached hydrogens (tertiary/aromatic N) is 4. The van der Waals surface area contributed by atoms with E-state index in [1.54, 1.807) is 17.1 Å². The predicted octanol–water partition coefficient (Wildman–Crippen LogP) is 2.28. The Bertz CT molecular complexity index is 476. The maximum Gasteiger partial charge on any atom is 0.227 e. The highest BCUT2D eigenvalue weighted by Crippen LogP contribution is 2.18. The van der Waals surface area contributed by atoms with Gasteiger partial charge in [-0.2, -0.15) is 5.10 Å². The minimum absolute atomic E-state index is 0.575. The topological polar surface area (TPSA) is 55.6 Å². The predicted molar refractivity (Wildman–Crippen MR) is 65.6 cm³/mol. The molecule has 0 radical (unpaired) electrons. The molecule has 0 spiro atoms. The van der Waals surface area contributed by atoms with Crippen molar-refractivity contribution >= 4 is 27.6 Å². The van der Waals surface area contributed by atoms with Crippen LogP contribution < -0.4 is 5.32 Å². The lowest BCUT2D eigenvalue weighted by molar-refractivity contribution is 0.746. The van der Waals surface area contributed by atoms with Crippen molar-refractivity contribution in [2.75, 3.05) is 5.32 Å². The van der Waals surface area contributed by atoms with Gasteiger partial charge in [-0.3, -0.25) is 4.68 Å². The Balaban J connectivity index is 2.22. The summed E-state index contributed by atoms with van der Waals surface area (Å²) in [5.74, 6) is 0.575. The number of anilines is 2. The molecule has 2 rings (SSSR count). The van der Waals surface area contributed by atoms with Gasteiger partial charge in [-0.1, -0.05) is 6.92 Å². The number of aryl methyl sites for hydroxylation is 2. The van der Waals surface area contributed by atoms with Crippen molar-refractivity contribution in [2.24, 2.45) is 7.05 Å². The van der Waals surface area contributed by atoms with E-state index in [2.05, 4.69) is 43.2 Å². The third kappa shape index (κ3) is 2.38. The summed E-state index contributed by atoms with van der Waals surface area (Å²) in [6, 6.07) is 0. The molecule has 84 valence electrons. The quantitative estimate of drug-likeness (QED) is 0.938. The smallest absolute Gasteiger partial charge is 0.227 e. The highest BCUT2D eigenvalue weighted by Gasteiger charge is 2.06. The van der Waals surface area contributed by atoms with Crippen molar-refractivity contribution in [3.05, 3.63) is 28.8 Å². The van der Waals surface area contributed by atoms with Crippen LogP contribution in [0.15, 0.2) is 23.1 Å². The fraction of sp³-hybridized carbons (Fsp3) is 0.300. The maximum absolute atomic E-state index is 4.33. The van der Waals surface area contributed by atoms with Crippen LogP contribution in [-0.4, -0.2) is 19.7 Å². The molecule has 0 aliphatic rings. The van der Waals surface area contributed by atoms with Crippen molar-refractivity contribution in [1.82, 2.24) is 19.7 Å². The van der Waals surface area contributed by atoms with E-state index in [9.17, 15) is 0 Å². The van der Waals surface area contributed by atoms with Crippen LogP contribution in [0.1, 0.15) is 12.6 Å². The molecule has 0 bridgehead atoms. The fourth-order valence-electron chi connectivity index (χ4n) is 1.40. The van der Waals surface area contributed by atoms with Gasteiger partial charge in [-0.15, -0.1) is 0 Å². The van der Waals surface area contributed by atoms with Gasteiger partial charge < -0.3 is 5.32 Å². The first kappa shape index (κ1) is 11.1. The van der Waals surface area contributed by atoms with Crippen LogP contribution in [0.5, 0.6) is 0 Å². The monoisotopic (exact) mass is 281 g/mol. The summed E-state index contributed by atoms with van der Waals surface area (Å²) in [6.07, 6.45) is 6.21. The van der Waals surface area contributed by atoms with E-state index in [1.807, 2.05) is 13.2 Å². The number of aromatic nitrogens is 4. The van der Waals surface area contributed by atoms with Gasteiger partial charge in [0, 0.05) is 25.6 Å². The van der Waals surface area contributed by atoms with Gasteiger partial charge in [0.2, 0.25) is 5.95 Å². The second-order valence-electron chi connectivity index (χ2n) is 3.37. The summed E-state index contributed by atoms with van der Waals surface area (Å²) in [5, 5.41) is 7.48. The summed E-state index contributed by atoms with van der Waals surface area (Å²) in [7, 11) is 1.90. The number of halogens is 1. The van der Waals surface area contributed by atoms with Crippen molar-refractivity contribution in [3.63, 3.8) is 0 Å². The Morgan fingerprint density at radius 2 is 2.06 bits per heavy atom. The van der Waals surface area contributed by atoms with E-state index in [0.717, 1.165) is 22.3 Å². The first-order valence-corrected chi connectivity index (χ1v) is 5.75. The van der Waals surface area contributed by atoms with E-state index in [4.69, 9.17) is 0 Å². The highest BCUT2D eigenvalue weighted by atomic mass is 79.9. The largest absolute Gasteiger partial charge is 0.321 e. The second-order valence-corrected chi connectivity index (χ2v) is 4.28. The molecule has 2 aromatic heterocycles. The molecule has 2 heterocycles. The molecule has 0 atom stereocenters. The van der Waals surface area contributed by atoms with Crippen LogP contribution in [0.25, 0.3) is 0 Å². The highest BCUT2D eigenvalue weighted by molar-refractivity contribution is 9.10. The van der Waals surface area contributed by atoms with Crippen LogP contribution in [0.4, 0.5) is 11.6 Å². The Morgan fingerprint density at radius 1 is 1.38 bits per heavy atom. The zero-order valence-corrected chi connectivity index (χ0v) is 10.7. The molecule has 2 aromatic rings. The van der Waals surface area contributed by atoms with Gasteiger partial charge in [-0.25, -0.2) is 9.97 Å². The fourth-order valence-corrected chi connectivity index (χ4v) is 1.60. The molecular weight excluding hydrogens is 270 g/mol. The molecule has 0 amide bonds. The minimum Gasteiger partial charge on any atom is -0.321 e. The van der Waals surface area contributed by atoms with Crippen LogP contribution in [-0.2, 0) is 13.5 Å². The van der Waals surface area contributed by atoms with E-state index in [0.29, 0.717) is 5.95 Å². The van der Waals surface area contributed by atoms with Crippen LogP contribution in [0.2, 0.25) is 0 Å². The molecule has 16 heavy (non-hydrogen) atoms. The van der Waals surface area contributed by atoms with Gasteiger partial charge in [0.15, 0.2) is 0 Å². The molecule has 0 fully saturated rings. The van der Waals surface area contributed by atoms with Crippen molar-refractivity contribution in [3.8, 4) is 0 Å². The van der Waals surface area contributed by atoms with E-state index >= 15 is 0 Å². The third-order valence-electron chi connectivity index (χ3n) is 2.11. The molecule has 5 nitrogen and oxygen atoms in total. The van der Waals surface area contributed by atoms with Crippen molar-refractivity contribution < 1.29 is 0 Å². The summed E-state index contributed by atoms with van der Waals surface area (Å²) in [4.78, 5) is 8.30. The third-order valence-corrected chi connectivity index (χ3v) is 2.52. The van der Waals surface area contributed by atoms with Gasteiger partial charge in [-0.05, 0) is 22.4 Å².